The molecule has 2 N–H and O–H groups in total. The van der Waals surface area contributed by atoms with Gasteiger partial charge in [0.15, 0.2) is 0 Å². The number of aromatic nitrogens is 2. The number of H-pyrrole nitrogens is 1. The van der Waals surface area contributed by atoms with Crippen molar-refractivity contribution >= 4 is 18.0 Å². The number of hydrogen-bond acceptors (Lipinski definition) is 8. The number of hydrogen-bond donors (Lipinski definition) is 2. The van der Waals surface area contributed by atoms with Crippen molar-refractivity contribution < 1.29 is 33.6 Å². The van der Waals surface area contributed by atoms with Gasteiger partial charge >= 0.3 is 11.9 Å². The topological polar surface area (TPSA) is 120 Å². The summed E-state index contributed by atoms with van der Waals surface area (Å²) in [6.45, 7) is 6.35. The maximum absolute atomic E-state index is 13.0. The molecule has 2 heterocycles. The second-order valence-corrected chi connectivity index (χ2v) is 12.0. The maximum atomic E-state index is 13.0. The van der Waals surface area contributed by atoms with Crippen LogP contribution < -0.4 is 4.74 Å². The van der Waals surface area contributed by atoms with Gasteiger partial charge in [-0.1, -0.05) is 80.6 Å². The van der Waals surface area contributed by atoms with Gasteiger partial charge in [-0.2, -0.15) is 0 Å². The third kappa shape index (κ3) is 9.18. The fraction of sp³-hybridized carbons (Fsp3) is 0.342. The molecular weight excluding hydrogens is 596 g/mol. The van der Waals surface area contributed by atoms with E-state index in [9.17, 15) is 9.59 Å². The lowest BCUT2D eigenvalue weighted by molar-refractivity contribution is -0.186. The SMILES string of the molecule is Cc1cc(/C=C/CCO)ccc1Cc1c(O[C@H]2C[C@@H](OC(=O)c3ccccc3)C[C@@H](COC(=O)c3ccccc3)O2)n[nH]c1C(C)C. The van der Waals surface area contributed by atoms with Crippen molar-refractivity contribution in [2.45, 2.75) is 70.9 Å². The van der Waals surface area contributed by atoms with Crippen LogP contribution in [0.3, 0.4) is 0 Å². The molecule has 1 aromatic heterocycles. The number of aromatic amines is 1. The highest BCUT2D eigenvalue weighted by Crippen LogP contribution is 2.32. The second kappa shape index (κ2) is 16.2. The van der Waals surface area contributed by atoms with Gasteiger partial charge in [0, 0.05) is 37.1 Å². The van der Waals surface area contributed by atoms with Gasteiger partial charge in [0.25, 0.3) is 0 Å². The molecule has 9 heteroatoms. The van der Waals surface area contributed by atoms with E-state index in [1.807, 2.05) is 24.3 Å². The Morgan fingerprint density at radius 1 is 1.00 bits per heavy atom. The summed E-state index contributed by atoms with van der Waals surface area (Å²) in [5, 5.41) is 16.8. The summed E-state index contributed by atoms with van der Waals surface area (Å²) in [6.07, 6.45) is 3.86. The fourth-order valence-corrected chi connectivity index (χ4v) is 5.57. The number of aliphatic hydroxyl groups excluding tert-OH is 1. The lowest BCUT2D eigenvalue weighted by Crippen LogP contribution is -2.43. The molecule has 1 aliphatic heterocycles. The summed E-state index contributed by atoms with van der Waals surface area (Å²) >= 11 is 0. The van der Waals surface area contributed by atoms with Crippen LogP contribution in [0.2, 0.25) is 0 Å². The zero-order valence-corrected chi connectivity index (χ0v) is 27.1. The molecule has 1 saturated heterocycles. The molecule has 0 unspecified atom stereocenters. The number of rotatable bonds is 13. The molecule has 0 spiro atoms. The first-order valence-corrected chi connectivity index (χ1v) is 16.0. The van der Waals surface area contributed by atoms with Gasteiger partial charge in [0.05, 0.1) is 17.2 Å². The van der Waals surface area contributed by atoms with E-state index in [2.05, 4.69) is 49.2 Å². The Morgan fingerprint density at radius 2 is 1.70 bits per heavy atom. The Balaban J connectivity index is 1.34. The molecule has 3 atom stereocenters. The highest BCUT2D eigenvalue weighted by Gasteiger charge is 2.35. The minimum absolute atomic E-state index is 0.0318. The number of ether oxygens (including phenoxy) is 4. The fourth-order valence-electron chi connectivity index (χ4n) is 5.57. The molecule has 5 rings (SSSR count). The van der Waals surface area contributed by atoms with Gasteiger partial charge in [0.1, 0.15) is 12.7 Å². The average Bonchev–Trinajstić information content (AvgIpc) is 3.47. The highest BCUT2D eigenvalue weighted by atomic mass is 16.7. The quantitative estimate of drug-likeness (QED) is 0.154. The first-order chi connectivity index (χ1) is 22.8. The van der Waals surface area contributed by atoms with Crippen LogP contribution in [0.25, 0.3) is 6.08 Å². The normalized spacial score (nSPS) is 17.9. The average molecular weight is 639 g/mol. The summed E-state index contributed by atoms with van der Waals surface area (Å²) in [6, 6.07) is 23.9. The summed E-state index contributed by atoms with van der Waals surface area (Å²) in [5.74, 6) is -0.326. The molecular formula is C38H42N2O7. The minimum Gasteiger partial charge on any atom is -0.459 e. The Kier molecular flexibility index (Phi) is 11.6. The van der Waals surface area contributed by atoms with Crippen LogP contribution in [-0.2, 0) is 20.6 Å². The lowest BCUT2D eigenvalue weighted by atomic mass is 9.95. The molecule has 0 bridgehead atoms. The van der Waals surface area contributed by atoms with Gasteiger partial charge in [-0.05, 0) is 60.2 Å². The smallest absolute Gasteiger partial charge is 0.338 e. The van der Waals surface area contributed by atoms with Gasteiger partial charge < -0.3 is 24.1 Å². The van der Waals surface area contributed by atoms with E-state index in [-0.39, 0.29) is 25.6 Å². The summed E-state index contributed by atoms with van der Waals surface area (Å²) in [5.41, 5.74) is 6.09. The third-order valence-electron chi connectivity index (χ3n) is 8.04. The molecule has 0 radical (unpaired) electrons. The third-order valence-corrected chi connectivity index (χ3v) is 8.04. The van der Waals surface area contributed by atoms with Crippen LogP contribution in [0, 0.1) is 6.92 Å². The summed E-state index contributed by atoms with van der Waals surface area (Å²) < 4.78 is 24.2. The number of carbonyl (C=O) groups excluding carboxylic acids is 2. The predicted octanol–water partition coefficient (Wildman–Crippen LogP) is 6.79. The molecule has 0 aliphatic carbocycles. The van der Waals surface area contributed by atoms with E-state index in [1.54, 1.807) is 48.5 Å². The number of esters is 2. The molecule has 1 fully saturated rings. The van der Waals surface area contributed by atoms with Crippen molar-refractivity contribution in [3.63, 3.8) is 0 Å². The number of benzene rings is 3. The number of aryl methyl sites for hydroxylation is 1. The second-order valence-electron chi connectivity index (χ2n) is 12.0. The van der Waals surface area contributed by atoms with Crippen LogP contribution in [0.1, 0.15) is 87.7 Å². The van der Waals surface area contributed by atoms with Gasteiger partial charge in [0.2, 0.25) is 12.2 Å². The van der Waals surface area contributed by atoms with Crippen LogP contribution in [0.4, 0.5) is 0 Å². The van der Waals surface area contributed by atoms with E-state index in [0.717, 1.165) is 27.9 Å². The molecule has 4 aromatic rings. The molecule has 0 amide bonds. The van der Waals surface area contributed by atoms with E-state index < -0.39 is 30.4 Å². The first-order valence-electron chi connectivity index (χ1n) is 16.0. The zero-order chi connectivity index (χ0) is 33.2. The molecule has 47 heavy (non-hydrogen) atoms. The largest absolute Gasteiger partial charge is 0.459 e. The lowest BCUT2D eigenvalue weighted by Gasteiger charge is -2.34. The number of nitrogens with zero attached hydrogens (tertiary/aromatic N) is 1. The standard InChI is InChI=1S/C38H42N2O7/c1-25(2)35-33(21-30-18-17-27(20-26(30)3)12-10-11-19-41)36(40-39-35)47-34-23-31(46-38(43)29-15-8-5-9-16-29)22-32(45-34)24-44-37(42)28-13-6-4-7-14-28/h4-10,12-18,20,25,31-32,34,41H,11,19,21-24H2,1-3H3,(H,39,40)/b12-10+/t31-,32-,34-/m0/s1. The van der Waals surface area contributed by atoms with Crippen LogP contribution in [-0.4, -0.2) is 59.0 Å². The predicted molar refractivity (Wildman–Crippen MR) is 178 cm³/mol. The van der Waals surface area contributed by atoms with Crippen LogP contribution in [0.15, 0.2) is 84.9 Å². The van der Waals surface area contributed by atoms with E-state index in [1.165, 1.54) is 0 Å². The minimum atomic E-state index is -0.806. The Morgan fingerprint density at radius 3 is 2.36 bits per heavy atom. The Bertz CT molecular complexity index is 1650. The summed E-state index contributed by atoms with van der Waals surface area (Å²) in [7, 11) is 0. The first kappa shape index (κ1) is 33.6. The number of carbonyl (C=O) groups is 2. The number of aliphatic hydroxyl groups is 1. The monoisotopic (exact) mass is 638 g/mol. The Labute approximate surface area is 275 Å². The van der Waals surface area contributed by atoms with E-state index >= 15 is 0 Å². The van der Waals surface area contributed by atoms with Crippen LogP contribution in [0.5, 0.6) is 5.88 Å². The highest BCUT2D eigenvalue weighted by molar-refractivity contribution is 5.89. The van der Waals surface area contributed by atoms with Gasteiger partial charge in [-0.15, -0.1) is 5.10 Å². The van der Waals surface area contributed by atoms with Gasteiger partial charge in [-0.3, -0.25) is 5.10 Å². The van der Waals surface area contributed by atoms with Crippen molar-refractivity contribution in [1.82, 2.24) is 10.2 Å². The molecule has 3 aromatic carbocycles. The Hall–Kier alpha value is -4.73. The van der Waals surface area contributed by atoms with Crippen molar-refractivity contribution in [3.8, 4) is 5.88 Å². The van der Waals surface area contributed by atoms with E-state index in [0.29, 0.717) is 36.3 Å². The zero-order valence-electron chi connectivity index (χ0n) is 27.1. The molecule has 9 nitrogen and oxygen atoms in total. The number of nitrogens with one attached hydrogen (secondary N) is 1. The summed E-state index contributed by atoms with van der Waals surface area (Å²) in [4.78, 5) is 25.7. The van der Waals surface area contributed by atoms with Crippen LogP contribution >= 0.6 is 0 Å². The molecule has 246 valence electrons. The maximum Gasteiger partial charge on any atom is 0.338 e. The molecule has 0 saturated carbocycles. The van der Waals surface area contributed by atoms with Crippen molar-refractivity contribution in [1.29, 1.82) is 0 Å². The van der Waals surface area contributed by atoms with Crippen molar-refractivity contribution in [2.75, 3.05) is 13.2 Å². The van der Waals surface area contributed by atoms with Crippen molar-refractivity contribution in [2.24, 2.45) is 0 Å². The van der Waals surface area contributed by atoms with Gasteiger partial charge in [-0.25, -0.2) is 9.59 Å². The van der Waals surface area contributed by atoms with E-state index in [4.69, 9.17) is 24.1 Å². The van der Waals surface area contributed by atoms with Crippen molar-refractivity contribution in [3.05, 3.63) is 124 Å². The molecule has 1 aliphatic rings.